The highest BCUT2D eigenvalue weighted by atomic mass is 19.1. The van der Waals surface area contributed by atoms with Crippen molar-refractivity contribution in [3.05, 3.63) is 53.6 Å². The van der Waals surface area contributed by atoms with Gasteiger partial charge in [-0.3, -0.25) is 14.4 Å². The molecule has 1 aliphatic rings. The van der Waals surface area contributed by atoms with Gasteiger partial charge in [0, 0.05) is 37.9 Å². The number of nitriles is 1. The summed E-state index contributed by atoms with van der Waals surface area (Å²) in [4.78, 5) is 38.8. The van der Waals surface area contributed by atoms with Gasteiger partial charge in [0.25, 0.3) is 11.8 Å². The van der Waals surface area contributed by atoms with Gasteiger partial charge in [0.1, 0.15) is 11.2 Å². The number of carbonyl (C=O) groups excluding carboxylic acids is 3. The molecule has 38 heavy (non-hydrogen) atoms. The maximum absolute atomic E-state index is 14.6. The maximum atomic E-state index is 14.6. The molecule has 4 rings (SSSR count). The third-order valence-corrected chi connectivity index (χ3v) is 7.07. The Labute approximate surface area is 219 Å². The van der Waals surface area contributed by atoms with E-state index in [1.807, 2.05) is 6.92 Å². The number of nitrogens with two attached hydrogens (primary N) is 1. The first-order chi connectivity index (χ1) is 18.0. The van der Waals surface area contributed by atoms with Crippen molar-refractivity contribution in [2.45, 2.75) is 33.2 Å². The van der Waals surface area contributed by atoms with Crippen LogP contribution in [0.25, 0.3) is 16.6 Å². The van der Waals surface area contributed by atoms with Crippen molar-refractivity contribution in [2.24, 2.45) is 17.1 Å². The molecule has 1 saturated heterocycles. The zero-order chi connectivity index (χ0) is 27.8. The molecule has 0 aliphatic carbocycles. The molecule has 0 unspecified atom stereocenters. The van der Waals surface area contributed by atoms with Crippen LogP contribution < -0.4 is 16.4 Å². The van der Waals surface area contributed by atoms with Crippen LogP contribution in [0.15, 0.2) is 36.7 Å². The molecule has 198 valence electrons. The summed E-state index contributed by atoms with van der Waals surface area (Å²) >= 11 is 0. The number of benzene rings is 1. The predicted molar refractivity (Wildman–Crippen MR) is 140 cm³/mol. The number of primary amides is 1. The molecule has 0 spiro atoms. The number of amides is 3. The molecule has 1 fully saturated rings. The molecular weight excluding hydrogens is 489 g/mol. The average Bonchev–Trinajstić information content (AvgIpc) is 3.52. The zero-order valence-corrected chi connectivity index (χ0v) is 21.7. The quantitative estimate of drug-likeness (QED) is 0.438. The third kappa shape index (κ3) is 4.77. The van der Waals surface area contributed by atoms with Crippen molar-refractivity contribution in [1.29, 1.82) is 5.26 Å². The lowest BCUT2D eigenvalue weighted by atomic mass is 9.94. The van der Waals surface area contributed by atoms with Gasteiger partial charge in [0.15, 0.2) is 0 Å². The second kappa shape index (κ2) is 10.1. The first kappa shape index (κ1) is 26.6. The van der Waals surface area contributed by atoms with E-state index in [2.05, 4.69) is 21.8 Å². The minimum Gasteiger partial charge on any atom is -0.378 e. The Morgan fingerprint density at radius 1 is 1.21 bits per heavy atom. The standard InChI is InChI=1S/C27H30FN7O3/c1-5-15-11-34(26(38)27(2,3)14-29)13-21(15)33-23-19(24(30)36)10-32-35-12-17(9-22(23)35)16-6-7-18(20(28)8-16)25(37)31-4/h6-10,12,15,21,33H,5,11,13H2,1-4H3,(H2,30,36)(H,31,37)/t15-,21+/m0/s1. The van der Waals surface area contributed by atoms with Crippen LogP contribution >= 0.6 is 0 Å². The lowest BCUT2D eigenvalue weighted by Crippen LogP contribution is -2.40. The summed E-state index contributed by atoms with van der Waals surface area (Å²) in [6.07, 6.45) is 3.83. The third-order valence-electron chi connectivity index (χ3n) is 7.07. The van der Waals surface area contributed by atoms with Gasteiger partial charge in [0.05, 0.1) is 34.6 Å². The zero-order valence-electron chi connectivity index (χ0n) is 21.7. The van der Waals surface area contributed by atoms with E-state index in [1.165, 1.54) is 25.4 Å². The number of hydrogen-bond donors (Lipinski definition) is 3. The van der Waals surface area contributed by atoms with E-state index in [4.69, 9.17) is 5.73 Å². The second-order valence-electron chi connectivity index (χ2n) is 10.00. The Kier molecular flexibility index (Phi) is 7.09. The minimum atomic E-state index is -1.14. The van der Waals surface area contributed by atoms with Crippen LogP contribution in [0.4, 0.5) is 10.1 Å². The SMILES string of the molecule is CC[C@H]1CN(C(=O)C(C)(C)C#N)C[C@H]1Nc1c(C(N)=O)cnn2cc(-c3ccc(C(=O)NC)c(F)c3)cc12. The summed E-state index contributed by atoms with van der Waals surface area (Å²) in [5, 5.41) is 19.6. The first-order valence-electron chi connectivity index (χ1n) is 12.3. The number of likely N-dealkylation sites (tertiary alicyclic amines) is 1. The normalized spacial score (nSPS) is 17.3. The van der Waals surface area contributed by atoms with E-state index in [9.17, 15) is 24.0 Å². The van der Waals surface area contributed by atoms with Gasteiger partial charge in [0.2, 0.25) is 5.91 Å². The molecule has 0 radical (unpaired) electrons. The monoisotopic (exact) mass is 519 g/mol. The number of anilines is 1. The molecule has 0 bridgehead atoms. The van der Waals surface area contributed by atoms with Crippen LogP contribution in [-0.4, -0.2) is 58.4 Å². The highest BCUT2D eigenvalue weighted by molar-refractivity contribution is 6.02. The van der Waals surface area contributed by atoms with E-state index in [1.54, 1.807) is 41.6 Å². The smallest absolute Gasteiger partial charge is 0.253 e. The largest absolute Gasteiger partial charge is 0.378 e. The Hall–Kier alpha value is -4.46. The molecule has 3 aromatic rings. The fraction of sp³-hybridized carbons (Fsp3) is 0.370. The summed E-state index contributed by atoms with van der Waals surface area (Å²) in [6, 6.07) is 7.93. The molecule has 3 heterocycles. The van der Waals surface area contributed by atoms with Crippen LogP contribution in [0.5, 0.6) is 0 Å². The average molecular weight is 520 g/mol. The molecule has 2 aromatic heterocycles. The van der Waals surface area contributed by atoms with Crippen molar-refractivity contribution >= 4 is 28.9 Å². The molecule has 1 aromatic carbocycles. The van der Waals surface area contributed by atoms with Crippen LogP contribution in [-0.2, 0) is 4.79 Å². The van der Waals surface area contributed by atoms with Gasteiger partial charge in [-0.15, -0.1) is 0 Å². The lowest BCUT2D eigenvalue weighted by Gasteiger charge is -2.24. The molecular formula is C27H30FN7O3. The van der Waals surface area contributed by atoms with Crippen molar-refractivity contribution < 1.29 is 18.8 Å². The summed E-state index contributed by atoms with van der Waals surface area (Å²) < 4.78 is 16.2. The number of halogens is 1. The number of carbonyl (C=O) groups is 3. The fourth-order valence-corrected chi connectivity index (χ4v) is 4.81. The topological polar surface area (TPSA) is 146 Å². The van der Waals surface area contributed by atoms with Gasteiger partial charge in [-0.2, -0.15) is 10.4 Å². The highest BCUT2D eigenvalue weighted by Gasteiger charge is 2.40. The molecule has 1 aliphatic heterocycles. The van der Waals surface area contributed by atoms with Gasteiger partial charge in [-0.1, -0.05) is 13.0 Å². The number of aromatic nitrogens is 2. The minimum absolute atomic E-state index is 0.0676. The number of nitrogens with one attached hydrogen (secondary N) is 2. The van der Waals surface area contributed by atoms with Crippen LogP contribution in [0, 0.1) is 28.5 Å². The van der Waals surface area contributed by atoms with Gasteiger partial charge < -0.3 is 21.3 Å². The van der Waals surface area contributed by atoms with Crippen LogP contribution in [0.1, 0.15) is 47.9 Å². The van der Waals surface area contributed by atoms with Crippen molar-refractivity contribution in [2.75, 3.05) is 25.5 Å². The molecule has 11 heteroatoms. The Morgan fingerprint density at radius 3 is 2.55 bits per heavy atom. The number of fused-ring (bicyclic) bond motifs is 1. The molecule has 4 N–H and O–H groups in total. The summed E-state index contributed by atoms with van der Waals surface area (Å²) in [5.74, 6) is -2.03. The van der Waals surface area contributed by atoms with Gasteiger partial charge >= 0.3 is 0 Å². The highest BCUT2D eigenvalue weighted by Crippen LogP contribution is 2.33. The fourth-order valence-electron chi connectivity index (χ4n) is 4.81. The van der Waals surface area contributed by atoms with Gasteiger partial charge in [-0.25, -0.2) is 8.91 Å². The van der Waals surface area contributed by atoms with E-state index in [0.29, 0.717) is 35.4 Å². The molecule has 3 amide bonds. The van der Waals surface area contributed by atoms with E-state index in [0.717, 1.165) is 6.42 Å². The summed E-state index contributed by atoms with van der Waals surface area (Å²) in [7, 11) is 1.43. The molecule has 10 nitrogen and oxygen atoms in total. The van der Waals surface area contributed by atoms with Crippen LogP contribution in [0.2, 0.25) is 0 Å². The Bertz CT molecular complexity index is 1470. The number of rotatable bonds is 7. The van der Waals surface area contributed by atoms with Crippen molar-refractivity contribution in [1.82, 2.24) is 19.8 Å². The van der Waals surface area contributed by atoms with E-state index >= 15 is 0 Å². The van der Waals surface area contributed by atoms with E-state index < -0.39 is 23.0 Å². The predicted octanol–water partition coefficient (Wildman–Crippen LogP) is 2.80. The second-order valence-corrected chi connectivity index (χ2v) is 10.00. The van der Waals surface area contributed by atoms with E-state index in [-0.39, 0.29) is 29.0 Å². The lowest BCUT2D eigenvalue weighted by molar-refractivity contribution is -0.136. The number of hydrogen-bond acceptors (Lipinski definition) is 6. The van der Waals surface area contributed by atoms with Crippen molar-refractivity contribution in [3.8, 4) is 17.2 Å². The molecule has 2 atom stereocenters. The summed E-state index contributed by atoms with van der Waals surface area (Å²) in [6.45, 7) is 6.05. The Morgan fingerprint density at radius 2 is 1.95 bits per heavy atom. The number of nitrogens with zero attached hydrogens (tertiary/aromatic N) is 4. The molecule has 0 saturated carbocycles. The summed E-state index contributed by atoms with van der Waals surface area (Å²) in [5.41, 5.74) is 6.79. The maximum Gasteiger partial charge on any atom is 0.253 e. The van der Waals surface area contributed by atoms with Gasteiger partial charge in [-0.05, 0) is 49.9 Å². The van der Waals surface area contributed by atoms with Crippen molar-refractivity contribution in [3.63, 3.8) is 0 Å². The first-order valence-corrected chi connectivity index (χ1v) is 12.3. The van der Waals surface area contributed by atoms with Crippen LogP contribution in [0.3, 0.4) is 0 Å². The Balaban J connectivity index is 1.72.